The molecule has 0 aliphatic carbocycles. The summed E-state index contributed by atoms with van der Waals surface area (Å²) >= 11 is 1.77. The number of nitrogens with one attached hydrogen (secondary N) is 1. The molecule has 5 nitrogen and oxygen atoms in total. The van der Waals surface area contributed by atoms with Crippen LogP contribution in [0.4, 0.5) is 4.79 Å². The number of para-hydroxylation sites is 1. The van der Waals surface area contributed by atoms with Crippen molar-refractivity contribution < 1.29 is 9.53 Å². The maximum absolute atomic E-state index is 12.5. The van der Waals surface area contributed by atoms with Gasteiger partial charge in [0.25, 0.3) is 0 Å². The Bertz CT molecular complexity index is 678. The van der Waals surface area contributed by atoms with Gasteiger partial charge in [0.2, 0.25) is 0 Å². The number of likely N-dealkylation sites (tertiary alicyclic amines) is 1. The number of hydrogen-bond donors (Lipinski definition) is 1. The average Bonchev–Trinajstić information content (AvgIpc) is 3.29. The Morgan fingerprint density at radius 1 is 1.38 bits per heavy atom. The molecule has 2 saturated heterocycles. The molecule has 1 aromatic heterocycles. The Morgan fingerprint density at radius 2 is 2.29 bits per heavy atom. The van der Waals surface area contributed by atoms with E-state index in [-0.39, 0.29) is 6.03 Å². The summed E-state index contributed by atoms with van der Waals surface area (Å²) in [6, 6.07) is 8.32. The number of ether oxygens (including phenoxy) is 1. The van der Waals surface area contributed by atoms with Gasteiger partial charge in [-0.2, -0.15) is 0 Å². The fourth-order valence-corrected chi connectivity index (χ4v) is 4.61. The number of fused-ring (bicyclic) bond motifs is 1. The van der Waals surface area contributed by atoms with E-state index in [1.165, 1.54) is 4.70 Å². The number of carbonyl (C=O) groups is 1. The number of benzene rings is 1. The van der Waals surface area contributed by atoms with E-state index in [0.717, 1.165) is 62.6 Å². The molecule has 2 fully saturated rings. The molecule has 0 spiro atoms. The second-order valence-electron chi connectivity index (χ2n) is 6.72. The minimum absolute atomic E-state index is 0.0627. The van der Waals surface area contributed by atoms with E-state index in [1.807, 2.05) is 11.0 Å². The molecule has 2 amide bonds. The van der Waals surface area contributed by atoms with E-state index in [0.29, 0.717) is 11.8 Å². The van der Waals surface area contributed by atoms with Crippen molar-refractivity contribution in [3.05, 3.63) is 29.3 Å². The average molecular weight is 345 g/mol. The highest BCUT2D eigenvalue weighted by molar-refractivity contribution is 7.18. The second-order valence-corrected chi connectivity index (χ2v) is 7.78. The van der Waals surface area contributed by atoms with Crippen molar-refractivity contribution in [2.75, 3.05) is 32.8 Å². The van der Waals surface area contributed by atoms with Gasteiger partial charge in [-0.3, -0.25) is 0 Å². The molecule has 2 aliphatic heterocycles. The van der Waals surface area contributed by atoms with Crippen molar-refractivity contribution in [3.63, 3.8) is 0 Å². The summed E-state index contributed by atoms with van der Waals surface area (Å²) < 4.78 is 6.60. The minimum atomic E-state index is 0.0627. The lowest BCUT2D eigenvalue weighted by Crippen LogP contribution is -2.46. The lowest BCUT2D eigenvalue weighted by Gasteiger charge is -2.32. The quantitative estimate of drug-likeness (QED) is 0.929. The van der Waals surface area contributed by atoms with Gasteiger partial charge in [-0.1, -0.05) is 12.1 Å². The van der Waals surface area contributed by atoms with Crippen LogP contribution in [-0.4, -0.2) is 48.8 Å². The first kappa shape index (κ1) is 15.8. The molecule has 0 unspecified atom stereocenters. The summed E-state index contributed by atoms with van der Waals surface area (Å²) in [6.45, 7) is 3.93. The van der Waals surface area contributed by atoms with Gasteiger partial charge in [-0.25, -0.2) is 9.78 Å². The van der Waals surface area contributed by atoms with Crippen molar-refractivity contribution in [3.8, 4) is 0 Å². The van der Waals surface area contributed by atoms with Crippen molar-refractivity contribution in [2.45, 2.75) is 25.2 Å². The van der Waals surface area contributed by atoms with Crippen LogP contribution in [0, 0.1) is 5.92 Å². The first-order valence-electron chi connectivity index (χ1n) is 8.75. The Kier molecular flexibility index (Phi) is 4.67. The monoisotopic (exact) mass is 345 g/mol. The van der Waals surface area contributed by atoms with Crippen molar-refractivity contribution in [1.82, 2.24) is 15.2 Å². The topological polar surface area (TPSA) is 54.5 Å². The smallest absolute Gasteiger partial charge is 0.317 e. The van der Waals surface area contributed by atoms with Crippen LogP contribution in [0.2, 0.25) is 0 Å². The lowest BCUT2D eigenvalue weighted by atomic mass is 9.99. The van der Waals surface area contributed by atoms with E-state index in [1.54, 1.807) is 11.3 Å². The highest BCUT2D eigenvalue weighted by Crippen LogP contribution is 2.32. The molecule has 6 heteroatoms. The molecule has 4 rings (SSSR count). The van der Waals surface area contributed by atoms with Gasteiger partial charge in [-0.05, 0) is 31.4 Å². The Morgan fingerprint density at radius 3 is 3.12 bits per heavy atom. The molecule has 2 aromatic rings. The number of thiazole rings is 1. The van der Waals surface area contributed by atoms with Crippen molar-refractivity contribution >= 4 is 27.6 Å². The number of hydrogen-bond acceptors (Lipinski definition) is 4. The zero-order valence-corrected chi connectivity index (χ0v) is 14.6. The highest BCUT2D eigenvalue weighted by atomic mass is 32.1. The van der Waals surface area contributed by atoms with Crippen molar-refractivity contribution in [1.29, 1.82) is 0 Å². The molecule has 0 radical (unpaired) electrons. The van der Waals surface area contributed by atoms with Gasteiger partial charge in [0.05, 0.1) is 21.8 Å². The summed E-state index contributed by atoms with van der Waals surface area (Å²) in [4.78, 5) is 19.2. The third-order valence-electron chi connectivity index (χ3n) is 4.93. The number of amides is 2. The number of urea groups is 1. The molecule has 2 atom stereocenters. The summed E-state index contributed by atoms with van der Waals surface area (Å²) in [5.41, 5.74) is 1.07. The standard InChI is InChI=1S/C18H23N3O2S/c22-18(19-10-13-7-9-23-12-13)21-8-3-4-14(11-21)17-20-15-5-1-2-6-16(15)24-17/h1-2,5-6,13-14H,3-4,7-12H2,(H,19,22)/t13-,14-/m0/s1. The van der Waals surface area contributed by atoms with E-state index in [4.69, 9.17) is 9.72 Å². The molecular weight excluding hydrogens is 322 g/mol. The Labute approximate surface area is 146 Å². The zero-order valence-electron chi connectivity index (χ0n) is 13.7. The Balaban J connectivity index is 1.38. The summed E-state index contributed by atoms with van der Waals surface area (Å²) in [5, 5.41) is 4.25. The second kappa shape index (κ2) is 7.07. The van der Waals surface area contributed by atoms with Crippen molar-refractivity contribution in [2.24, 2.45) is 5.92 Å². The summed E-state index contributed by atoms with van der Waals surface area (Å²) in [7, 11) is 0. The van der Waals surface area contributed by atoms with Gasteiger partial charge in [0.15, 0.2) is 0 Å². The first-order valence-corrected chi connectivity index (χ1v) is 9.57. The molecule has 1 aromatic carbocycles. The molecule has 0 bridgehead atoms. The maximum Gasteiger partial charge on any atom is 0.317 e. The van der Waals surface area contributed by atoms with E-state index < -0.39 is 0 Å². The molecule has 2 aliphatic rings. The van der Waals surface area contributed by atoms with Gasteiger partial charge in [-0.15, -0.1) is 11.3 Å². The predicted molar refractivity (Wildman–Crippen MR) is 95.5 cm³/mol. The minimum Gasteiger partial charge on any atom is -0.381 e. The third kappa shape index (κ3) is 3.39. The molecule has 1 N–H and O–H groups in total. The maximum atomic E-state index is 12.5. The highest BCUT2D eigenvalue weighted by Gasteiger charge is 2.27. The summed E-state index contributed by atoms with van der Waals surface area (Å²) in [5.74, 6) is 0.829. The lowest BCUT2D eigenvalue weighted by molar-refractivity contribution is 0.172. The van der Waals surface area contributed by atoms with Crippen LogP contribution in [0.1, 0.15) is 30.2 Å². The van der Waals surface area contributed by atoms with Gasteiger partial charge in [0.1, 0.15) is 0 Å². The fraction of sp³-hybridized carbons (Fsp3) is 0.556. The first-order chi connectivity index (χ1) is 11.8. The fourth-order valence-electron chi connectivity index (χ4n) is 3.52. The predicted octanol–water partition coefficient (Wildman–Crippen LogP) is 3.22. The van der Waals surface area contributed by atoms with E-state index >= 15 is 0 Å². The van der Waals surface area contributed by atoms with Crippen LogP contribution in [0.15, 0.2) is 24.3 Å². The number of carbonyl (C=O) groups excluding carboxylic acids is 1. The molecule has 0 saturated carbocycles. The number of nitrogens with zero attached hydrogens (tertiary/aromatic N) is 2. The van der Waals surface area contributed by atoms with Crippen LogP contribution in [0.5, 0.6) is 0 Å². The molecular formula is C18H23N3O2S. The largest absolute Gasteiger partial charge is 0.381 e. The SMILES string of the molecule is O=C(NC[C@@H]1CCOC1)N1CCC[C@H](c2nc3ccccc3s2)C1. The van der Waals surface area contributed by atoms with Crippen LogP contribution in [0.25, 0.3) is 10.2 Å². The molecule has 128 valence electrons. The Hall–Kier alpha value is -1.66. The number of piperidine rings is 1. The van der Waals surface area contributed by atoms with Gasteiger partial charge >= 0.3 is 6.03 Å². The number of aromatic nitrogens is 1. The molecule has 3 heterocycles. The zero-order chi connectivity index (χ0) is 16.4. The normalized spacial score (nSPS) is 24.4. The van der Waals surface area contributed by atoms with Crippen LogP contribution in [0.3, 0.4) is 0 Å². The number of rotatable bonds is 3. The van der Waals surface area contributed by atoms with Crippen LogP contribution >= 0.6 is 11.3 Å². The van der Waals surface area contributed by atoms with Gasteiger partial charge in [0, 0.05) is 38.1 Å². The van der Waals surface area contributed by atoms with E-state index in [2.05, 4.69) is 23.5 Å². The molecule has 24 heavy (non-hydrogen) atoms. The van der Waals surface area contributed by atoms with E-state index in [9.17, 15) is 4.79 Å². The van der Waals surface area contributed by atoms with Crippen LogP contribution < -0.4 is 5.32 Å². The summed E-state index contributed by atoms with van der Waals surface area (Å²) in [6.07, 6.45) is 3.20. The van der Waals surface area contributed by atoms with Gasteiger partial charge < -0.3 is 15.0 Å². The third-order valence-corrected chi connectivity index (χ3v) is 6.13. The van der Waals surface area contributed by atoms with Crippen LogP contribution in [-0.2, 0) is 4.74 Å².